The molecule has 0 aliphatic rings. The average molecular weight is 318 g/mol. The topological polar surface area (TPSA) is 47.6 Å². The van der Waals surface area contributed by atoms with Crippen molar-refractivity contribution in [2.24, 2.45) is 0 Å². The van der Waals surface area contributed by atoms with Gasteiger partial charge in [0.15, 0.2) is 6.61 Å². The molecule has 0 spiro atoms. The van der Waals surface area contributed by atoms with Gasteiger partial charge in [0.2, 0.25) is 0 Å². The third-order valence-electron chi connectivity index (χ3n) is 2.70. The van der Waals surface area contributed by atoms with Crippen molar-refractivity contribution in [3.63, 3.8) is 0 Å². The third kappa shape index (κ3) is 4.82. The van der Waals surface area contributed by atoms with E-state index < -0.39 is 0 Å². The average Bonchev–Trinajstić information content (AvgIpc) is 2.53. The second-order valence-electron chi connectivity index (χ2n) is 4.39. The maximum absolute atomic E-state index is 11.9. The Labute approximate surface area is 134 Å². The van der Waals surface area contributed by atoms with Crippen LogP contribution in [0, 0.1) is 0 Å². The van der Waals surface area contributed by atoms with Crippen molar-refractivity contribution in [1.82, 2.24) is 0 Å². The van der Waals surface area contributed by atoms with Crippen LogP contribution in [0.3, 0.4) is 0 Å². The van der Waals surface area contributed by atoms with Gasteiger partial charge in [0, 0.05) is 5.02 Å². The fourth-order valence-corrected chi connectivity index (χ4v) is 1.84. The Morgan fingerprint density at radius 2 is 1.86 bits per heavy atom. The standard InChI is InChI=1S/C17H16ClNO3/c1-2-11-21-16-6-4-3-5-15(16)19-17(20)12-22-14-9-7-13(18)8-10-14/h2-10H,1,11-12H2,(H,19,20). The van der Waals surface area contributed by atoms with Gasteiger partial charge in [0.05, 0.1) is 5.69 Å². The summed E-state index contributed by atoms with van der Waals surface area (Å²) in [6.07, 6.45) is 1.64. The molecule has 0 aliphatic carbocycles. The van der Waals surface area contributed by atoms with Crippen molar-refractivity contribution in [1.29, 1.82) is 0 Å². The van der Waals surface area contributed by atoms with Crippen LogP contribution < -0.4 is 14.8 Å². The van der Waals surface area contributed by atoms with Crippen LogP contribution in [-0.4, -0.2) is 19.1 Å². The van der Waals surface area contributed by atoms with Crippen molar-refractivity contribution in [3.05, 3.63) is 66.2 Å². The maximum atomic E-state index is 11.9. The van der Waals surface area contributed by atoms with Crippen LogP contribution in [0.1, 0.15) is 0 Å². The summed E-state index contributed by atoms with van der Waals surface area (Å²) in [6.45, 7) is 3.86. The summed E-state index contributed by atoms with van der Waals surface area (Å²) in [5.41, 5.74) is 0.592. The molecule has 0 unspecified atom stereocenters. The molecule has 0 saturated heterocycles. The Morgan fingerprint density at radius 3 is 2.59 bits per heavy atom. The van der Waals surface area contributed by atoms with E-state index in [1.165, 1.54) is 0 Å². The zero-order chi connectivity index (χ0) is 15.8. The minimum Gasteiger partial charge on any atom is -0.487 e. The predicted molar refractivity (Wildman–Crippen MR) is 87.7 cm³/mol. The summed E-state index contributed by atoms with van der Waals surface area (Å²) in [4.78, 5) is 11.9. The maximum Gasteiger partial charge on any atom is 0.262 e. The van der Waals surface area contributed by atoms with Crippen molar-refractivity contribution in [3.8, 4) is 11.5 Å². The molecule has 0 aromatic heterocycles. The van der Waals surface area contributed by atoms with E-state index in [-0.39, 0.29) is 12.5 Å². The highest BCUT2D eigenvalue weighted by molar-refractivity contribution is 6.30. The van der Waals surface area contributed by atoms with Gasteiger partial charge in [-0.15, -0.1) is 0 Å². The highest BCUT2D eigenvalue weighted by atomic mass is 35.5. The van der Waals surface area contributed by atoms with Gasteiger partial charge in [-0.25, -0.2) is 0 Å². The van der Waals surface area contributed by atoms with Crippen LogP contribution in [0.5, 0.6) is 11.5 Å². The number of rotatable bonds is 7. The van der Waals surface area contributed by atoms with Gasteiger partial charge in [-0.2, -0.15) is 0 Å². The summed E-state index contributed by atoms with van der Waals surface area (Å²) < 4.78 is 10.9. The predicted octanol–water partition coefficient (Wildman–Crippen LogP) is 3.92. The fraction of sp³-hybridized carbons (Fsp3) is 0.118. The van der Waals surface area contributed by atoms with Crippen LogP contribution in [-0.2, 0) is 4.79 Å². The fourth-order valence-electron chi connectivity index (χ4n) is 1.71. The molecule has 2 aromatic carbocycles. The number of halogens is 1. The molecule has 1 amide bonds. The molecule has 0 heterocycles. The van der Waals surface area contributed by atoms with Gasteiger partial charge in [-0.3, -0.25) is 4.79 Å². The number of anilines is 1. The van der Waals surface area contributed by atoms with Crippen molar-refractivity contribution >= 4 is 23.2 Å². The van der Waals surface area contributed by atoms with E-state index in [1.54, 1.807) is 42.5 Å². The Morgan fingerprint density at radius 1 is 1.14 bits per heavy atom. The first-order valence-corrected chi connectivity index (χ1v) is 7.08. The van der Waals surface area contributed by atoms with Crippen LogP contribution >= 0.6 is 11.6 Å². The van der Waals surface area contributed by atoms with Gasteiger partial charge in [-0.05, 0) is 36.4 Å². The number of hydrogen-bond acceptors (Lipinski definition) is 3. The lowest BCUT2D eigenvalue weighted by molar-refractivity contribution is -0.118. The molecule has 0 fully saturated rings. The van der Waals surface area contributed by atoms with Gasteiger partial charge >= 0.3 is 0 Å². The van der Waals surface area contributed by atoms with Crippen LogP contribution in [0.15, 0.2) is 61.2 Å². The van der Waals surface area contributed by atoms with Crippen molar-refractivity contribution in [2.75, 3.05) is 18.5 Å². The Bertz CT molecular complexity index is 641. The zero-order valence-electron chi connectivity index (χ0n) is 11.9. The summed E-state index contributed by atoms with van der Waals surface area (Å²) >= 11 is 5.79. The van der Waals surface area contributed by atoms with Gasteiger partial charge < -0.3 is 14.8 Å². The summed E-state index contributed by atoms with van der Waals surface area (Å²) in [5.74, 6) is 0.891. The molecule has 0 atom stereocenters. The number of amides is 1. The Kier molecular flexibility index (Phi) is 5.86. The first-order chi connectivity index (χ1) is 10.7. The highest BCUT2D eigenvalue weighted by Crippen LogP contribution is 2.23. The first kappa shape index (κ1) is 15.9. The SMILES string of the molecule is C=CCOc1ccccc1NC(=O)COc1ccc(Cl)cc1. The van der Waals surface area contributed by atoms with E-state index in [9.17, 15) is 4.79 Å². The molecule has 0 aliphatic heterocycles. The zero-order valence-corrected chi connectivity index (χ0v) is 12.7. The molecular formula is C17H16ClNO3. The molecule has 0 bridgehead atoms. The number of nitrogens with one attached hydrogen (secondary N) is 1. The lowest BCUT2D eigenvalue weighted by atomic mass is 10.3. The molecule has 5 heteroatoms. The summed E-state index contributed by atoms with van der Waals surface area (Å²) in [7, 11) is 0. The molecule has 22 heavy (non-hydrogen) atoms. The molecule has 1 N–H and O–H groups in total. The van der Waals surface area contributed by atoms with E-state index in [0.29, 0.717) is 28.8 Å². The van der Waals surface area contributed by atoms with E-state index >= 15 is 0 Å². The minimum absolute atomic E-state index is 0.0998. The molecule has 0 radical (unpaired) electrons. The smallest absolute Gasteiger partial charge is 0.262 e. The van der Waals surface area contributed by atoms with Crippen molar-refractivity contribution in [2.45, 2.75) is 0 Å². The Balaban J connectivity index is 1.91. The monoisotopic (exact) mass is 317 g/mol. The second-order valence-corrected chi connectivity index (χ2v) is 4.82. The first-order valence-electron chi connectivity index (χ1n) is 6.70. The molecule has 0 saturated carbocycles. The number of ether oxygens (including phenoxy) is 2. The number of carbonyl (C=O) groups is 1. The minimum atomic E-state index is -0.274. The molecule has 2 aromatic rings. The lowest BCUT2D eigenvalue weighted by Gasteiger charge is -2.12. The molecule has 4 nitrogen and oxygen atoms in total. The van der Waals surface area contributed by atoms with Crippen LogP contribution in [0.4, 0.5) is 5.69 Å². The van der Waals surface area contributed by atoms with Crippen molar-refractivity contribution < 1.29 is 14.3 Å². The lowest BCUT2D eigenvalue weighted by Crippen LogP contribution is -2.20. The van der Waals surface area contributed by atoms with E-state index in [4.69, 9.17) is 21.1 Å². The van der Waals surface area contributed by atoms with Gasteiger partial charge in [0.25, 0.3) is 5.91 Å². The van der Waals surface area contributed by atoms with E-state index in [1.807, 2.05) is 12.1 Å². The van der Waals surface area contributed by atoms with Crippen LogP contribution in [0.2, 0.25) is 5.02 Å². The van der Waals surface area contributed by atoms with Gasteiger partial charge in [-0.1, -0.05) is 36.4 Å². The number of carbonyl (C=O) groups excluding carboxylic acids is 1. The molecule has 114 valence electrons. The van der Waals surface area contributed by atoms with E-state index in [0.717, 1.165) is 0 Å². The summed E-state index contributed by atoms with van der Waals surface area (Å²) in [5, 5.41) is 3.37. The van der Waals surface area contributed by atoms with Crippen LogP contribution in [0.25, 0.3) is 0 Å². The number of benzene rings is 2. The summed E-state index contributed by atoms with van der Waals surface area (Å²) in [6, 6.07) is 14.0. The number of para-hydroxylation sites is 2. The Hall–Kier alpha value is -2.46. The molecular weight excluding hydrogens is 302 g/mol. The van der Waals surface area contributed by atoms with E-state index in [2.05, 4.69) is 11.9 Å². The highest BCUT2D eigenvalue weighted by Gasteiger charge is 2.08. The largest absolute Gasteiger partial charge is 0.487 e. The third-order valence-corrected chi connectivity index (χ3v) is 2.95. The normalized spacial score (nSPS) is 9.86. The molecule has 2 rings (SSSR count). The second kappa shape index (κ2) is 8.10. The van der Waals surface area contributed by atoms with Gasteiger partial charge in [0.1, 0.15) is 18.1 Å². The quantitative estimate of drug-likeness (QED) is 0.787. The number of hydrogen-bond donors (Lipinski definition) is 1.